The van der Waals surface area contributed by atoms with Gasteiger partial charge in [0, 0.05) is 0 Å². The van der Waals surface area contributed by atoms with Crippen molar-refractivity contribution in [3.63, 3.8) is 0 Å². The Labute approximate surface area is 259 Å². The van der Waals surface area contributed by atoms with Crippen LogP contribution in [0.15, 0.2) is 97.1 Å². The first-order valence-electron chi connectivity index (χ1n) is 17.2. The van der Waals surface area contributed by atoms with Gasteiger partial charge in [-0.05, 0) is 0 Å². The summed E-state index contributed by atoms with van der Waals surface area (Å²) in [7, 11) is 1.64. The van der Waals surface area contributed by atoms with Crippen LogP contribution in [0, 0.1) is 0 Å². The second kappa shape index (κ2) is 4.31. The van der Waals surface area contributed by atoms with E-state index in [1.807, 2.05) is 85.0 Å². The number of hydrogen-bond donors (Lipinski definition) is 0. The number of methoxy groups -OCH3 is 1. The van der Waals surface area contributed by atoms with Crippen LogP contribution in [0.5, 0.6) is 5.75 Å². The summed E-state index contributed by atoms with van der Waals surface area (Å²) in [5.41, 5.74) is 2.92. The van der Waals surface area contributed by atoms with Crippen LogP contribution >= 0.6 is 0 Å². The van der Waals surface area contributed by atoms with Gasteiger partial charge in [0.15, 0.2) is 0 Å². The number of ketones is 3. The van der Waals surface area contributed by atoms with Crippen molar-refractivity contribution in [3.8, 4) is 5.75 Å². The van der Waals surface area contributed by atoms with E-state index in [0.717, 1.165) is 56.2 Å². The zero-order valence-electron chi connectivity index (χ0n) is 26.0. The summed E-state index contributed by atoms with van der Waals surface area (Å²) in [5.74, 6) is 1.81. The molecular formula is C41H38FeO4. The fourth-order valence-corrected chi connectivity index (χ4v) is 102. The minimum absolute atomic E-state index is 0.0877. The van der Waals surface area contributed by atoms with Crippen LogP contribution in [0.1, 0.15) is 53.6 Å². The van der Waals surface area contributed by atoms with Crippen molar-refractivity contribution < 1.29 is 25.6 Å². The van der Waals surface area contributed by atoms with Crippen LogP contribution in [0.4, 0.5) is 0 Å². The molecular weight excluding hydrogens is 612 g/mol. The molecule has 0 radical (unpaired) electrons. The summed E-state index contributed by atoms with van der Waals surface area (Å²) in [6.45, 7) is -4.61. The van der Waals surface area contributed by atoms with Crippen LogP contribution in [-0.2, 0) is 16.1 Å². The van der Waals surface area contributed by atoms with Gasteiger partial charge in [0.05, 0.1) is 7.11 Å². The number of ether oxygens (including phenoxy) is 1. The molecule has 234 valence electrons. The molecule has 10 aliphatic rings. The van der Waals surface area contributed by atoms with Crippen LogP contribution < -0.4 is 4.74 Å². The Balaban J connectivity index is 0.833. The number of rotatable bonds is 14. The molecule has 0 amide bonds. The second-order valence-electron chi connectivity index (χ2n) is 18.0. The molecule has 3 aromatic rings. The quantitative estimate of drug-likeness (QED) is 0.0754. The third-order valence-corrected chi connectivity index (χ3v) is 65.1. The number of unbranched alkanes of at least 4 members (excludes halogenated alkanes) is 2. The molecule has 9 atom stereocenters. The Kier molecular flexibility index (Phi) is 2.31. The molecule has 9 unspecified atom stereocenters. The Bertz CT molecular complexity index is 2410. The van der Waals surface area contributed by atoms with Gasteiger partial charge in [-0.25, -0.2) is 0 Å². The third-order valence-electron chi connectivity index (χ3n) is 21.3. The predicted octanol–water partition coefficient (Wildman–Crippen LogP) is 9.89. The van der Waals surface area contributed by atoms with Gasteiger partial charge in [0.1, 0.15) is 0 Å². The van der Waals surface area contributed by atoms with Gasteiger partial charge in [-0.1, -0.05) is 0 Å². The Morgan fingerprint density at radius 3 is 1.85 bits per heavy atom. The van der Waals surface area contributed by atoms with Crippen LogP contribution in [0.3, 0.4) is 0 Å². The van der Waals surface area contributed by atoms with Crippen LogP contribution in [0.25, 0.3) is 12.2 Å². The number of carbonyl (C=O) groups excluding carboxylic acids is 3. The normalized spacial score (nSPS) is 54.6. The van der Waals surface area contributed by atoms with Gasteiger partial charge >= 0.3 is 253 Å². The zero-order valence-corrected chi connectivity index (χ0v) is 27.1. The molecule has 46 heavy (non-hydrogen) atoms. The van der Waals surface area contributed by atoms with E-state index in [1.165, 1.54) is 6.42 Å². The molecule has 1 spiro atoms. The third kappa shape index (κ3) is 0.708. The molecule has 0 aliphatic carbocycles. The molecule has 0 bridgehead atoms. The van der Waals surface area contributed by atoms with Crippen molar-refractivity contribution in [3.05, 3.63) is 114 Å². The van der Waals surface area contributed by atoms with E-state index in [0.29, 0.717) is 41.6 Å². The molecule has 3 aromatic carbocycles. The molecule has 5 heteroatoms. The molecule has 4 nitrogen and oxygen atoms in total. The van der Waals surface area contributed by atoms with E-state index in [-0.39, 0.29) is 14.4 Å². The van der Waals surface area contributed by atoms with Crippen molar-refractivity contribution in [1.82, 2.24) is 0 Å². The molecule has 13 rings (SSSR count). The summed E-state index contributed by atoms with van der Waals surface area (Å²) in [6.07, 6.45) is 12.9. The number of fused-ring (bicyclic) bond motifs is 10. The maximum atomic E-state index is 14.7. The van der Waals surface area contributed by atoms with Gasteiger partial charge in [-0.15, -0.1) is 0 Å². The van der Waals surface area contributed by atoms with Crippen molar-refractivity contribution >= 4 is 29.5 Å². The predicted molar refractivity (Wildman–Crippen MR) is 176 cm³/mol. The summed E-state index contributed by atoms with van der Waals surface area (Å²) < 4.78 is 5.45. The van der Waals surface area contributed by atoms with E-state index in [1.54, 1.807) is 7.11 Å². The zero-order chi connectivity index (χ0) is 30.9. The topological polar surface area (TPSA) is 60.4 Å². The summed E-state index contributed by atoms with van der Waals surface area (Å²) >= 11 is 0. The molecule has 10 heterocycles. The number of allylic oxidation sites excluding steroid dienone is 2. The van der Waals surface area contributed by atoms with Gasteiger partial charge in [-0.3, -0.25) is 0 Å². The first-order valence-corrected chi connectivity index (χ1v) is 23.3. The van der Waals surface area contributed by atoms with Crippen molar-refractivity contribution in [2.45, 2.75) is 78.8 Å². The van der Waals surface area contributed by atoms with Gasteiger partial charge in [-0.2, -0.15) is 0 Å². The monoisotopic (exact) mass is 650 g/mol. The van der Waals surface area contributed by atoms with E-state index in [4.69, 9.17) is 4.74 Å². The summed E-state index contributed by atoms with van der Waals surface area (Å²) in [4.78, 5) is 47.1. The van der Waals surface area contributed by atoms with Gasteiger partial charge in [0.2, 0.25) is 0 Å². The summed E-state index contributed by atoms with van der Waals surface area (Å²) in [5, 5.41) is 0. The molecule has 0 saturated carbocycles. The molecule has 0 N–H and O–H groups in total. The first kappa shape index (κ1) is 24.6. The molecule has 0 aromatic heterocycles. The van der Waals surface area contributed by atoms with Crippen LogP contribution in [-0.4, -0.2) is 24.5 Å². The molecule has 10 saturated heterocycles. The van der Waals surface area contributed by atoms with Gasteiger partial charge in [0.25, 0.3) is 0 Å². The Morgan fingerprint density at radius 1 is 0.696 bits per heavy atom. The first-order chi connectivity index (χ1) is 22.2. The summed E-state index contributed by atoms with van der Waals surface area (Å²) in [6, 6.07) is 27.9. The Hall–Kier alpha value is -3.53. The molecule has 10 aliphatic heterocycles. The van der Waals surface area contributed by atoms with E-state index in [9.17, 15) is 14.4 Å². The average molecular weight is 651 g/mol. The minimum atomic E-state index is -4.61. The van der Waals surface area contributed by atoms with E-state index in [2.05, 4.69) is 24.3 Å². The fourth-order valence-electron chi connectivity index (χ4n) is 22.9. The van der Waals surface area contributed by atoms with Crippen molar-refractivity contribution in [2.75, 3.05) is 7.11 Å². The maximum absolute atomic E-state index is 14.7. The van der Waals surface area contributed by atoms with E-state index >= 15 is 0 Å². The molecule has 10 fully saturated rings. The number of benzene rings is 3. The van der Waals surface area contributed by atoms with Gasteiger partial charge < -0.3 is 0 Å². The van der Waals surface area contributed by atoms with Crippen LogP contribution in [0.2, 0.25) is 46.7 Å². The standard InChI is InChI=1S/C27H27O3.C14H11O.Fe/c1-30-25-17-15-23(16-18-25)26(28)11-7-3-6-10-22-12-14-24(20-22)27(29)19-13-21-8-4-2-5-9-21;15-14(13-8-4-5-9-13)11-10-12-6-2-1-3-7-12;/h2,4-5,8-9,12-20H,3,6-7,10-11H2,1H3;1-11H;. The van der Waals surface area contributed by atoms with E-state index < -0.39 is 6.51 Å². The second-order valence-corrected chi connectivity index (χ2v) is 40.9. The average Bonchev–Trinajstić information content (AvgIpc) is 4.06. The number of Topliss-reactive ketones (excluding diaryl/α,β-unsaturated/α-hetero) is 1. The van der Waals surface area contributed by atoms with Crippen molar-refractivity contribution in [2.24, 2.45) is 0 Å². The number of carbonyl (C=O) groups is 3. The van der Waals surface area contributed by atoms with Crippen molar-refractivity contribution in [1.29, 1.82) is 0 Å². The fraction of sp³-hybridized carbons (Fsp3) is 0.390. The SMILES string of the molecule is COc1ccc(C(=O)CCCCC[C]23[CH]4[CH]5[C]6(C(=O)C=Cc7ccccc7)[CH]2[Fe]45362789[CH]3[CH]2[CH]7[C]8(C(=O)C=Cc2ccccc2)[CH]39)cc1. The Morgan fingerprint density at radius 2 is 1.28 bits per heavy atom. The number of hydrogen-bond acceptors (Lipinski definition) is 4.